The summed E-state index contributed by atoms with van der Waals surface area (Å²) in [6.45, 7) is 5.23. The lowest BCUT2D eigenvalue weighted by Gasteiger charge is -2.35. The number of aromatic nitrogens is 2. The van der Waals surface area contributed by atoms with E-state index in [4.69, 9.17) is 5.73 Å². The number of nitrogens with zero attached hydrogens (tertiary/aromatic N) is 3. The van der Waals surface area contributed by atoms with Crippen LogP contribution >= 0.6 is 0 Å². The van der Waals surface area contributed by atoms with E-state index < -0.39 is 18.0 Å². The second-order valence-electron chi connectivity index (χ2n) is 6.72. The standard InChI is InChI=1S/C19H24N6O3/c1-12-16(13(2)25(23-12)14-6-4-3-5-7-14)17-18(27)21-9-11-24(17)10-8-15(26)22-19(20)28/h3-7,17H,8-11H2,1-2H3,(H,21,27)(H3,20,22,26,28). The summed E-state index contributed by atoms with van der Waals surface area (Å²) in [5, 5.41) is 9.57. The molecule has 1 aliphatic rings. The number of nitrogens with one attached hydrogen (secondary N) is 2. The maximum absolute atomic E-state index is 12.7. The number of carbonyl (C=O) groups excluding carboxylic acids is 3. The molecule has 1 saturated heterocycles. The van der Waals surface area contributed by atoms with Crippen LogP contribution in [0.25, 0.3) is 5.69 Å². The van der Waals surface area contributed by atoms with E-state index in [0.717, 1.165) is 22.6 Å². The zero-order chi connectivity index (χ0) is 20.3. The monoisotopic (exact) mass is 384 g/mol. The summed E-state index contributed by atoms with van der Waals surface area (Å²) in [5.41, 5.74) is 8.36. The van der Waals surface area contributed by atoms with E-state index in [9.17, 15) is 14.4 Å². The number of imide groups is 1. The number of amides is 4. The lowest BCUT2D eigenvalue weighted by molar-refractivity contribution is -0.130. The molecular formula is C19H24N6O3. The maximum Gasteiger partial charge on any atom is 0.318 e. The van der Waals surface area contributed by atoms with Gasteiger partial charge in [0.2, 0.25) is 11.8 Å². The Hall–Kier alpha value is -3.20. The molecule has 2 heterocycles. The van der Waals surface area contributed by atoms with Crippen LogP contribution in [0, 0.1) is 13.8 Å². The summed E-state index contributed by atoms with van der Waals surface area (Å²) in [6.07, 6.45) is 0.0671. The second-order valence-corrected chi connectivity index (χ2v) is 6.72. The lowest BCUT2D eigenvalue weighted by atomic mass is 10.00. The quantitative estimate of drug-likeness (QED) is 0.695. The smallest absolute Gasteiger partial charge is 0.318 e. The number of rotatable bonds is 5. The third-order valence-corrected chi connectivity index (χ3v) is 4.82. The van der Waals surface area contributed by atoms with Crippen LogP contribution in [0.3, 0.4) is 0 Å². The number of piperazine rings is 1. The fourth-order valence-electron chi connectivity index (χ4n) is 3.59. The molecule has 4 N–H and O–H groups in total. The van der Waals surface area contributed by atoms with Crippen LogP contribution in [0.1, 0.15) is 29.4 Å². The topological polar surface area (TPSA) is 122 Å². The highest BCUT2D eigenvalue weighted by Crippen LogP contribution is 2.30. The first-order valence-corrected chi connectivity index (χ1v) is 9.11. The molecule has 28 heavy (non-hydrogen) atoms. The number of hydrogen-bond acceptors (Lipinski definition) is 5. The predicted octanol–water partition coefficient (Wildman–Crippen LogP) is 0.547. The molecule has 1 aromatic heterocycles. The van der Waals surface area contributed by atoms with E-state index in [2.05, 4.69) is 15.7 Å². The van der Waals surface area contributed by atoms with E-state index in [1.54, 1.807) is 0 Å². The Balaban J connectivity index is 1.88. The van der Waals surface area contributed by atoms with Crippen molar-refractivity contribution in [3.8, 4) is 5.69 Å². The molecule has 9 heteroatoms. The van der Waals surface area contributed by atoms with Crippen LogP contribution in [0.2, 0.25) is 0 Å². The molecule has 3 rings (SSSR count). The van der Waals surface area contributed by atoms with Crippen LogP contribution in [0.4, 0.5) is 4.79 Å². The van der Waals surface area contributed by atoms with Gasteiger partial charge in [0.25, 0.3) is 0 Å². The highest BCUT2D eigenvalue weighted by molar-refractivity contribution is 5.93. The summed E-state index contributed by atoms with van der Waals surface area (Å²) in [6, 6.07) is 8.28. The van der Waals surface area contributed by atoms with Crippen molar-refractivity contribution in [3.05, 3.63) is 47.3 Å². The molecule has 148 valence electrons. The van der Waals surface area contributed by atoms with E-state index in [0.29, 0.717) is 19.6 Å². The van der Waals surface area contributed by atoms with E-state index >= 15 is 0 Å². The van der Waals surface area contributed by atoms with Crippen molar-refractivity contribution in [2.45, 2.75) is 26.3 Å². The first-order chi connectivity index (χ1) is 13.4. The van der Waals surface area contributed by atoms with Gasteiger partial charge in [-0.3, -0.25) is 19.8 Å². The van der Waals surface area contributed by atoms with E-state index in [1.807, 2.05) is 53.8 Å². The first-order valence-electron chi connectivity index (χ1n) is 9.11. The van der Waals surface area contributed by atoms with Crippen LogP contribution in [0.15, 0.2) is 30.3 Å². The van der Waals surface area contributed by atoms with Crippen molar-refractivity contribution in [2.75, 3.05) is 19.6 Å². The number of benzene rings is 1. The number of urea groups is 1. The molecule has 1 atom stereocenters. The van der Waals surface area contributed by atoms with Gasteiger partial charge in [-0.1, -0.05) is 18.2 Å². The number of para-hydroxylation sites is 1. The average Bonchev–Trinajstić information content (AvgIpc) is 2.95. The van der Waals surface area contributed by atoms with Gasteiger partial charge >= 0.3 is 6.03 Å². The Morgan fingerprint density at radius 1 is 1.29 bits per heavy atom. The number of carbonyl (C=O) groups is 3. The number of primary amides is 1. The van der Waals surface area contributed by atoms with Crippen LogP contribution in [0.5, 0.6) is 0 Å². The SMILES string of the molecule is Cc1nn(-c2ccccc2)c(C)c1C1C(=O)NCCN1CCC(=O)NC(N)=O. The predicted molar refractivity (Wildman–Crippen MR) is 103 cm³/mol. The van der Waals surface area contributed by atoms with Gasteiger partial charge in [0.1, 0.15) is 6.04 Å². The van der Waals surface area contributed by atoms with Gasteiger partial charge in [-0.25, -0.2) is 9.48 Å². The molecule has 1 unspecified atom stereocenters. The molecule has 0 bridgehead atoms. The molecule has 0 radical (unpaired) electrons. The number of hydrogen-bond donors (Lipinski definition) is 3. The largest absolute Gasteiger partial charge is 0.353 e. The average molecular weight is 384 g/mol. The zero-order valence-corrected chi connectivity index (χ0v) is 15.9. The van der Waals surface area contributed by atoms with Crippen LogP contribution in [-0.4, -0.2) is 52.2 Å². The summed E-state index contributed by atoms with van der Waals surface area (Å²) in [7, 11) is 0. The lowest BCUT2D eigenvalue weighted by Crippen LogP contribution is -2.51. The number of nitrogens with two attached hydrogens (primary N) is 1. The Bertz CT molecular complexity index is 893. The van der Waals surface area contributed by atoms with E-state index in [1.165, 1.54) is 0 Å². The fraction of sp³-hybridized carbons (Fsp3) is 0.368. The molecule has 0 saturated carbocycles. The van der Waals surface area contributed by atoms with Gasteiger partial charge in [0.05, 0.1) is 11.4 Å². The Labute approximate surface area is 162 Å². The van der Waals surface area contributed by atoms with Gasteiger partial charge < -0.3 is 11.1 Å². The highest BCUT2D eigenvalue weighted by Gasteiger charge is 2.35. The van der Waals surface area contributed by atoms with Crippen molar-refractivity contribution in [3.63, 3.8) is 0 Å². The minimum Gasteiger partial charge on any atom is -0.353 e. The molecular weight excluding hydrogens is 360 g/mol. The maximum atomic E-state index is 12.7. The first kappa shape index (κ1) is 19.6. The Morgan fingerprint density at radius 3 is 2.68 bits per heavy atom. The summed E-state index contributed by atoms with van der Waals surface area (Å²) < 4.78 is 1.82. The summed E-state index contributed by atoms with van der Waals surface area (Å²) in [4.78, 5) is 37.3. The molecule has 2 aromatic rings. The van der Waals surface area contributed by atoms with Gasteiger partial charge in [0.15, 0.2) is 0 Å². The molecule has 9 nitrogen and oxygen atoms in total. The van der Waals surface area contributed by atoms with Crippen molar-refractivity contribution in [1.82, 2.24) is 25.3 Å². The zero-order valence-electron chi connectivity index (χ0n) is 15.9. The summed E-state index contributed by atoms with van der Waals surface area (Å²) in [5.74, 6) is -0.592. The minimum atomic E-state index is -0.881. The Morgan fingerprint density at radius 2 is 2.00 bits per heavy atom. The molecule has 1 aliphatic heterocycles. The number of aryl methyl sites for hydroxylation is 1. The van der Waals surface area contributed by atoms with Crippen LogP contribution < -0.4 is 16.4 Å². The van der Waals surface area contributed by atoms with Crippen molar-refractivity contribution >= 4 is 17.8 Å². The van der Waals surface area contributed by atoms with Crippen LogP contribution in [-0.2, 0) is 9.59 Å². The van der Waals surface area contributed by atoms with Crippen molar-refractivity contribution in [1.29, 1.82) is 0 Å². The normalized spacial score (nSPS) is 17.2. The van der Waals surface area contributed by atoms with Gasteiger partial charge in [-0.2, -0.15) is 5.10 Å². The Kier molecular flexibility index (Phi) is 5.74. The molecule has 0 spiro atoms. The molecule has 0 aliphatic carbocycles. The second kappa shape index (κ2) is 8.22. The summed E-state index contributed by atoms with van der Waals surface area (Å²) >= 11 is 0. The highest BCUT2D eigenvalue weighted by atomic mass is 16.2. The molecule has 1 fully saturated rings. The van der Waals surface area contributed by atoms with E-state index in [-0.39, 0.29) is 12.3 Å². The minimum absolute atomic E-state index is 0.0671. The van der Waals surface area contributed by atoms with Gasteiger partial charge in [-0.05, 0) is 26.0 Å². The third-order valence-electron chi connectivity index (χ3n) is 4.82. The molecule has 1 aromatic carbocycles. The van der Waals surface area contributed by atoms with Crippen molar-refractivity contribution in [2.24, 2.45) is 5.73 Å². The third kappa shape index (κ3) is 4.04. The fourth-order valence-corrected chi connectivity index (χ4v) is 3.59. The van der Waals surface area contributed by atoms with Crippen molar-refractivity contribution < 1.29 is 14.4 Å². The van der Waals surface area contributed by atoms with Gasteiger partial charge in [0, 0.05) is 37.3 Å². The van der Waals surface area contributed by atoms with Gasteiger partial charge in [-0.15, -0.1) is 0 Å². The molecule has 4 amide bonds.